The fourth-order valence-corrected chi connectivity index (χ4v) is 2.41. The summed E-state index contributed by atoms with van der Waals surface area (Å²) < 4.78 is 23.5. The summed E-state index contributed by atoms with van der Waals surface area (Å²) in [6.07, 6.45) is 2.98. The number of benzene rings is 2. The van der Waals surface area contributed by atoms with Crippen molar-refractivity contribution in [2.24, 2.45) is 0 Å². The molecule has 5 nitrogen and oxygen atoms in total. The number of anilines is 1. The van der Waals surface area contributed by atoms with Gasteiger partial charge < -0.3 is 14.8 Å². The third-order valence-electron chi connectivity index (χ3n) is 3.51. The Morgan fingerprint density at radius 3 is 2.50 bits per heavy atom. The molecule has 0 aliphatic carbocycles. The lowest BCUT2D eigenvalue weighted by Gasteiger charge is -2.10. The lowest BCUT2D eigenvalue weighted by Crippen LogP contribution is -2.33. The summed E-state index contributed by atoms with van der Waals surface area (Å²) in [5.74, 6) is 0.450. The number of methoxy groups -OCH3 is 2. The first-order valence-corrected chi connectivity index (χ1v) is 8.12. The molecule has 0 spiro atoms. The number of hydrogen-bond donors (Lipinski definition) is 2. The van der Waals surface area contributed by atoms with Crippen molar-refractivity contribution in [3.8, 4) is 11.5 Å². The zero-order valence-electron chi connectivity index (χ0n) is 14.6. The molecule has 136 valence electrons. The first-order chi connectivity index (χ1) is 12.4. The molecule has 0 saturated heterocycles. The zero-order valence-corrected chi connectivity index (χ0v) is 15.4. The van der Waals surface area contributed by atoms with Gasteiger partial charge in [-0.3, -0.25) is 10.1 Å². The molecule has 2 aromatic carbocycles. The van der Waals surface area contributed by atoms with Crippen molar-refractivity contribution in [2.75, 3.05) is 19.5 Å². The maximum absolute atomic E-state index is 13.1. The first-order valence-electron chi connectivity index (χ1n) is 7.71. The molecule has 0 aromatic heterocycles. The molecule has 2 aromatic rings. The number of carbonyl (C=O) groups excluding carboxylic acids is 1. The number of halogens is 1. The molecule has 0 atom stereocenters. The molecule has 0 saturated carbocycles. The Bertz CT molecular complexity index is 853. The van der Waals surface area contributed by atoms with Crippen molar-refractivity contribution >= 4 is 35.0 Å². The molecule has 0 unspecified atom stereocenters. The SMILES string of the molecule is COc1ccc(C=CC(=O)NC(=S)Nc2ccc(F)cc2C)cc1OC. The van der Waals surface area contributed by atoms with Gasteiger partial charge in [0.05, 0.1) is 14.2 Å². The van der Waals surface area contributed by atoms with Crippen molar-refractivity contribution in [1.29, 1.82) is 0 Å². The van der Waals surface area contributed by atoms with Gasteiger partial charge in [0, 0.05) is 11.8 Å². The van der Waals surface area contributed by atoms with Crippen LogP contribution in [0.4, 0.5) is 10.1 Å². The number of thiocarbonyl (C=S) groups is 1. The monoisotopic (exact) mass is 374 g/mol. The topological polar surface area (TPSA) is 59.6 Å². The fourth-order valence-electron chi connectivity index (χ4n) is 2.20. The third-order valence-corrected chi connectivity index (χ3v) is 3.71. The largest absolute Gasteiger partial charge is 0.493 e. The molecular weight excluding hydrogens is 355 g/mol. The summed E-state index contributed by atoms with van der Waals surface area (Å²) in [5.41, 5.74) is 2.08. The van der Waals surface area contributed by atoms with Gasteiger partial charge in [0.15, 0.2) is 16.6 Å². The summed E-state index contributed by atoms with van der Waals surface area (Å²) >= 11 is 5.10. The van der Waals surface area contributed by atoms with Gasteiger partial charge in [0.2, 0.25) is 5.91 Å². The van der Waals surface area contributed by atoms with Gasteiger partial charge in [-0.05, 0) is 66.7 Å². The van der Waals surface area contributed by atoms with Crippen molar-refractivity contribution in [3.63, 3.8) is 0 Å². The van der Waals surface area contributed by atoms with Gasteiger partial charge in [-0.15, -0.1) is 0 Å². The van der Waals surface area contributed by atoms with E-state index in [9.17, 15) is 9.18 Å². The van der Waals surface area contributed by atoms with Gasteiger partial charge in [-0.2, -0.15) is 0 Å². The summed E-state index contributed by atoms with van der Waals surface area (Å²) in [6, 6.07) is 9.55. The molecule has 0 bridgehead atoms. The molecule has 26 heavy (non-hydrogen) atoms. The molecule has 7 heteroatoms. The average Bonchev–Trinajstić information content (AvgIpc) is 2.62. The fraction of sp³-hybridized carbons (Fsp3) is 0.158. The quantitative estimate of drug-likeness (QED) is 0.618. The van der Waals surface area contributed by atoms with E-state index in [0.29, 0.717) is 22.7 Å². The molecular formula is C19H19FN2O3S. The van der Waals surface area contributed by atoms with Gasteiger partial charge >= 0.3 is 0 Å². The minimum absolute atomic E-state index is 0.127. The molecule has 1 amide bonds. The second-order valence-corrected chi connectivity index (χ2v) is 5.76. The number of carbonyl (C=O) groups is 1. The van der Waals surface area contributed by atoms with Crippen LogP contribution >= 0.6 is 12.2 Å². The first kappa shape index (κ1) is 19.4. The van der Waals surface area contributed by atoms with E-state index in [-0.39, 0.29) is 10.9 Å². The van der Waals surface area contributed by atoms with Crippen LogP contribution in [0.2, 0.25) is 0 Å². The highest BCUT2D eigenvalue weighted by Gasteiger charge is 2.06. The van der Waals surface area contributed by atoms with E-state index in [2.05, 4.69) is 10.6 Å². The molecule has 0 heterocycles. The number of rotatable bonds is 5. The minimum atomic E-state index is -0.392. The van der Waals surface area contributed by atoms with E-state index in [1.807, 2.05) is 0 Å². The van der Waals surface area contributed by atoms with Crippen LogP contribution in [0.1, 0.15) is 11.1 Å². The normalized spacial score (nSPS) is 10.5. The highest BCUT2D eigenvalue weighted by atomic mass is 32.1. The number of amides is 1. The van der Waals surface area contributed by atoms with Gasteiger partial charge in [0.25, 0.3) is 0 Å². The van der Waals surface area contributed by atoms with Gasteiger partial charge in [0.1, 0.15) is 5.82 Å². The van der Waals surface area contributed by atoms with Crippen molar-refractivity contribution in [1.82, 2.24) is 5.32 Å². The molecule has 2 N–H and O–H groups in total. The van der Waals surface area contributed by atoms with Crippen LogP contribution in [0.25, 0.3) is 6.08 Å². The molecule has 0 aliphatic heterocycles. The van der Waals surface area contributed by atoms with E-state index >= 15 is 0 Å². The van der Waals surface area contributed by atoms with Crippen LogP contribution in [-0.4, -0.2) is 25.2 Å². The Kier molecular flexibility index (Phi) is 6.68. The molecule has 0 radical (unpaired) electrons. The van der Waals surface area contributed by atoms with Crippen LogP contribution in [-0.2, 0) is 4.79 Å². The lowest BCUT2D eigenvalue weighted by atomic mass is 10.2. The third kappa shape index (κ3) is 5.29. The van der Waals surface area contributed by atoms with Crippen molar-refractivity contribution in [2.45, 2.75) is 6.92 Å². The van der Waals surface area contributed by atoms with Crippen LogP contribution < -0.4 is 20.1 Å². The van der Waals surface area contributed by atoms with Gasteiger partial charge in [-0.1, -0.05) is 6.07 Å². The molecule has 2 rings (SSSR count). The maximum atomic E-state index is 13.1. The Balaban J connectivity index is 1.97. The average molecular weight is 374 g/mol. The van der Waals surface area contributed by atoms with Crippen LogP contribution in [0.5, 0.6) is 11.5 Å². The summed E-state index contributed by atoms with van der Waals surface area (Å²) in [5, 5.41) is 5.53. The highest BCUT2D eigenvalue weighted by Crippen LogP contribution is 2.27. The summed E-state index contributed by atoms with van der Waals surface area (Å²) in [4.78, 5) is 12.0. The number of aryl methyl sites for hydroxylation is 1. The van der Waals surface area contributed by atoms with E-state index in [1.54, 1.807) is 51.5 Å². The number of ether oxygens (including phenoxy) is 2. The molecule has 0 aliphatic rings. The van der Waals surface area contributed by atoms with Crippen LogP contribution in [0.3, 0.4) is 0 Å². The van der Waals surface area contributed by atoms with Crippen molar-refractivity contribution in [3.05, 3.63) is 59.4 Å². The second kappa shape index (κ2) is 8.96. The van der Waals surface area contributed by atoms with E-state index < -0.39 is 5.91 Å². The predicted molar refractivity (Wildman–Crippen MR) is 104 cm³/mol. The smallest absolute Gasteiger partial charge is 0.250 e. The number of nitrogens with one attached hydrogen (secondary N) is 2. The standard InChI is InChI=1S/C19H19FN2O3S/c1-12-10-14(20)6-7-15(12)21-19(26)22-18(23)9-5-13-4-8-16(24-2)17(11-13)25-3/h4-11H,1-3H3,(H2,21,22,23,26). The van der Waals surface area contributed by atoms with Crippen LogP contribution in [0, 0.1) is 12.7 Å². The van der Waals surface area contributed by atoms with E-state index in [1.165, 1.54) is 18.2 Å². The van der Waals surface area contributed by atoms with Crippen molar-refractivity contribution < 1.29 is 18.7 Å². The second-order valence-electron chi connectivity index (χ2n) is 5.35. The Morgan fingerprint density at radius 1 is 1.12 bits per heavy atom. The van der Waals surface area contributed by atoms with Gasteiger partial charge in [-0.25, -0.2) is 4.39 Å². The predicted octanol–water partition coefficient (Wildman–Crippen LogP) is 3.68. The summed E-state index contributed by atoms with van der Waals surface area (Å²) in [7, 11) is 3.09. The molecule has 0 fully saturated rings. The maximum Gasteiger partial charge on any atom is 0.250 e. The van der Waals surface area contributed by atoms with E-state index in [4.69, 9.17) is 21.7 Å². The minimum Gasteiger partial charge on any atom is -0.493 e. The zero-order chi connectivity index (χ0) is 19.1. The Hall–Kier alpha value is -2.93. The van der Waals surface area contributed by atoms with E-state index in [0.717, 1.165) is 5.56 Å². The number of hydrogen-bond acceptors (Lipinski definition) is 4. The lowest BCUT2D eigenvalue weighted by molar-refractivity contribution is -0.115. The highest BCUT2D eigenvalue weighted by molar-refractivity contribution is 7.80. The Labute approximate surface area is 156 Å². The van der Waals surface area contributed by atoms with Crippen LogP contribution in [0.15, 0.2) is 42.5 Å². The summed E-state index contributed by atoms with van der Waals surface area (Å²) in [6.45, 7) is 1.74. The Morgan fingerprint density at radius 2 is 1.85 bits per heavy atom.